The average molecular weight is 252 g/mol. The molecule has 2 atom stereocenters. The number of hydrogen-bond acceptors (Lipinski definition) is 3. The van der Waals surface area contributed by atoms with Crippen molar-refractivity contribution in [3.63, 3.8) is 0 Å². The van der Waals surface area contributed by atoms with E-state index in [0.29, 0.717) is 0 Å². The number of halogens is 1. The highest BCUT2D eigenvalue weighted by molar-refractivity contribution is 5.77. The van der Waals surface area contributed by atoms with Crippen LogP contribution in [0.5, 0.6) is 5.75 Å². The first kappa shape index (κ1) is 12.8. The molecule has 1 aliphatic rings. The zero-order valence-electron chi connectivity index (χ0n) is 10.3. The number of ether oxygens (including phenoxy) is 1. The Labute approximate surface area is 105 Å². The Morgan fingerprint density at radius 2 is 2.33 bits per heavy atom. The third-order valence-electron chi connectivity index (χ3n) is 3.36. The number of amides is 1. The lowest BCUT2D eigenvalue weighted by molar-refractivity contribution is -0.123. The molecule has 1 heterocycles. The Morgan fingerprint density at radius 3 is 2.94 bits per heavy atom. The lowest BCUT2D eigenvalue weighted by Gasteiger charge is -2.31. The predicted octanol–water partition coefficient (Wildman–Crippen LogP) is 1.36. The van der Waals surface area contributed by atoms with Gasteiger partial charge in [-0.3, -0.25) is 4.79 Å². The van der Waals surface area contributed by atoms with Gasteiger partial charge in [0.05, 0.1) is 13.0 Å². The normalized spacial score (nSPS) is 23.7. The van der Waals surface area contributed by atoms with Crippen molar-refractivity contribution in [2.75, 3.05) is 13.7 Å². The van der Waals surface area contributed by atoms with E-state index in [2.05, 4.69) is 5.32 Å². The zero-order chi connectivity index (χ0) is 13.1. The standard InChI is InChI=1S/C13H17FN2O2/c1-18-11-5-4-8(7-10(11)14)12-9(13(15)17)3-2-6-16-12/h4-5,7,9,12,16H,2-3,6H2,1H3,(H2,15,17). The molecule has 1 aliphatic heterocycles. The largest absolute Gasteiger partial charge is 0.494 e. The summed E-state index contributed by atoms with van der Waals surface area (Å²) in [5.74, 6) is -0.856. The van der Waals surface area contributed by atoms with Gasteiger partial charge in [-0.1, -0.05) is 6.07 Å². The summed E-state index contributed by atoms with van der Waals surface area (Å²) in [7, 11) is 1.42. The van der Waals surface area contributed by atoms with Gasteiger partial charge >= 0.3 is 0 Å². The van der Waals surface area contributed by atoms with Crippen molar-refractivity contribution in [2.24, 2.45) is 11.7 Å². The monoisotopic (exact) mass is 252 g/mol. The fraction of sp³-hybridized carbons (Fsp3) is 0.462. The van der Waals surface area contributed by atoms with Crippen LogP contribution in [0.1, 0.15) is 24.4 Å². The summed E-state index contributed by atoms with van der Waals surface area (Å²) < 4.78 is 18.5. The first-order valence-corrected chi connectivity index (χ1v) is 5.99. The second-order valence-electron chi connectivity index (χ2n) is 4.48. The number of hydrogen-bond donors (Lipinski definition) is 2. The molecule has 0 saturated carbocycles. The first-order valence-electron chi connectivity index (χ1n) is 5.99. The fourth-order valence-corrected chi connectivity index (χ4v) is 2.42. The van der Waals surface area contributed by atoms with Crippen LogP contribution in [0.15, 0.2) is 18.2 Å². The minimum atomic E-state index is -0.425. The Kier molecular flexibility index (Phi) is 3.81. The zero-order valence-corrected chi connectivity index (χ0v) is 10.3. The highest BCUT2D eigenvalue weighted by Gasteiger charge is 2.30. The summed E-state index contributed by atoms with van der Waals surface area (Å²) in [6.07, 6.45) is 1.64. The number of nitrogens with two attached hydrogens (primary N) is 1. The van der Waals surface area contributed by atoms with Gasteiger partial charge in [-0.15, -0.1) is 0 Å². The topological polar surface area (TPSA) is 64.3 Å². The lowest BCUT2D eigenvalue weighted by atomic mass is 9.86. The van der Waals surface area contributed by atoms with Crippen LogP contribution in [0.3, 0.4) is 0 Å². The van der Waals surface area contributed by atoms with E-state index < -0.39 is 5.82 Å². The van der Waals surface area contributed by atoms with Gasteiger partial charge in [0, 0.05) is 6.04 Å². The smallest absolute Gasteiger partial charge is 0.222 e. The van der Waals surface area contributed by atoms with E-state index in [1.165, 1.54) is 13.2 Å². The van der Waals surface area contributed by atoms with Crippen molar-refractivity contribution in [3.05, 3.63) is 29.6 Å². The summed E-state index contributed by atoms with van der Waals surface area (Å²) in [4.78, 5) is 11.4. The van der Waals surface area contributed by atoms with E-state index in [1.807, 2.05) is 0 Å². The van der Waals surface area contributed by atoms with Crippen molar-refractivity contribution in [3.8, 4) is 5.75 Å². The number of rotatable bonds is 3. The van der Waals surface area contributed by atoms with Crippen LogP contribution < -0.4 is 15.8 Å². The predicted molar refractivity (Wildman–Crippen MR) is 65.6 cm³/mol. The van der Waals surface area contributed by atoms with Gasteiger partial charge in [0.15, 0.2) is 11.6 Å². The van der Waals surface area contributed by atoms with Crippen molar-refractivity contribution >= 4 is 5.91 Å². The molecule has 4 nitrogen and oxygen atoms in total. The summed E-state index contributed by atoms with van der Waals surface area (Å²) in [5, 5.41) is 3.22. The van der Waals surface area contributed by atoms with Crippen molar-refractivity contribution in [1.82, 2.24) is 5.32 Å². The molecule has 0 aliphatic carbocycles. The molecular weight excluding hydrogens is 235 g/mol. The highest BCUT2D eigenvalue weighted by atomic mass is 19.1. The third-order valence-corrected chi connectivity index (χ3v) is 3.36. The van der Waals surface area contributed by atoms with Gasteiger partial charge in [0.2, 0.25) is 5.91 Å². The summed E-state index contributed by atoms with van der Waals surface area (Å²) in [6.45, 7) is 0.808. The van der Waals surface area contributed by atoms with Gasteiger partial charge in [-0.25, -0.2) is 4.39 Å². The van der Waals surface area contributed by atoms with Crippen LogP contribution in [0.25, 0.3) is 0 Å². The average Bonchev–Trinajstić information content (AvgIpc) is 2.38. The molecule has 1 saturated heterocycles. The van der Waals surface area contributed by atoms with E-state index in [1.54, 1.807) is 12.1 Å². The van der Waals surface area contributed by atoms with Gasteiger partial charge in [-0.05, 0) is 37.1 Å². The molecule has 0 aromatic heterocycles. The molecule has 1 aromatic carbocycles. The maximum atomic E-state index is 13.7. The van der Waals surface area contributed by atoms with Crippen LogP contribution in [0.4, 0.5) is 4.39 Å². The molecule has 0 bridgehead atoms. The van der Waals surface area contributed by atoms with Crippen molar-refractivity contribution in [1.29, 1.82) is 0 Å². The molecule has 18 heavy (non-hydrogen) atoms. The summed E-state index contributed by atoms with van der Waals surface area (Å²) >= 11 is 0. The van der Waals surface area contributed by atoms with Gasteiger partial charge in [-0.2, -0.15) is 0 Å². The fourth-order valence-electron chi connectivity index (χ4n) is 2.42. The van der Waals surface area contributed by atoms with Crippen molar-refractivity contribution in [2.45, 2.75) is 18.9 Å². The van der Waals surface area contributed by atoms with Crippen molar-refractivity contribution < 1.29 is 13.9 Å². The molecule has 98 valence electrons. The van der Waals surface area contributed by atoms with Crippen LogP contribution in [0, 0.1) is 11.7 Å². The molecule has 1 fully saturated rings. The number of primary amides is 1. The number of nitrogens with one attached hydrogen (secondary N) is 1. The van der Waals surface area contributed by atoms with Gasteiger partial charge < -0.3 is 15.8 Å². The highest BCUT2D eigenvalue weighted by Crippen LogP contribution is 2.31. The number of methoxy groups -OCH3 is 1. The van der Waals surface area contributed by atoms with Crippen LogP contribution in [0.2, 0.25) is 0 Å². The molecular formula is C13H17FN2O2. The Hall–Kier alpha value is -1.62. The Morgan fingerprint density at radius 1 is 1.56 bits per heavy atom. The molecule has 0 spiro atoms. The van der Waals surface area contributed by atoms with E-state index in [0.717, 1.165) is 24.9 Å². The molecule has 3 N–H and O–H groups in total. The molecule has 1 amide bonds. The third kappa shape index (κ3) is 2.46. The summed E-state index contributed by atoms with van der Waals surface area (Å²) in [6, 6.07) is 4.52. The molecule has 2 unspecified atom stereocenters. The second-order valence-corrected chi connectivity index (χ2v) is 4.48. The second kappa shape index (κ2) is 5.35. The van der Waals surface area contributed by atoms with Crippen LogP contribution in [-0.4, -0.2) is 19.6 Å². The summed E-state index contributed by atoms with van der Waals surface area (Å²) in [5.41, 5.74) is 6.12. The molecule has 1 aromatic rings. The van der Waals surface area contributed by atoms with E-state index >= 15 is 0 Å². The number of piperidine rings is 1. The Balaban J connectivity index is 2.28. The minimum absolute atomic E-state index is 0.199. The molecule has 2 rings (SSSR count). The minimum Gasteiger partial charge on any atom is -0.494 e. The number of carbonyl (C=O) groups excluding carboxylic acids is 1. The van der Waals surface area contributed by atoms with Gasteiger partial charge in [0.1, 0.15) is 0 Å². The maximum absolute atomic E-state index is 13.7. The Bertz CT molecular complexity index is 451. The van der Waals surface area contributed by atoms with E-state index in [9.17, 15) is 9.18 Å². The van der Waals surface area contributed by atoms with E-state index in [4.69, 9.17) is 10.5 Å². The maximum Gasteiger partial charge on any atom is 0.222 e. The SMILES string of the molecule is COc1ccc(C2NCCCC2C(N)=O)cc1F. The number of carbonyl (C=O) groups is 1. The lowest BCUT2D eigenvalue weighted by Crippen LogP contribution is -2.41. The molecule has 5 heteroatoms. The quantitative estimate of drug-likeness (QED) is 0.853. The van der Waals surface area contributed by atoms with Crippen LogP contribution in [-0.2, 0) is 4.79 Å². The first-order chi connectivity index (χ1) is 8.63. The van der Waals surface area contributed by atoms with Gasteiger partial charge in [0.25, 0.3) is 0 Å². The van der Waals surface area contributed by atoms with E-state index in [-0.39, 0.29) is 23.6 Å². The molecule has 0 radical (unpaired) electrons. The number of benzene rings is 1. The van der Waals surface area contributed by atoms with Crippen LogP contribution >= 0.6 is 0 Å².